The second kappa shape index (κ2) is 12.6. The van der Waals surface area contributed by atoms with Gasteiger partial charge in [-0.3, -0.25) is 19.3 Å². The van der Waals surface area contributed by atoms with Gasteiger partial charge in [0.15, 0.2) is 0 Å². The van der Waals surface area contributed by atoms with Crippen molar-refractivity contribution in [1.29, 1.82) is 5.41 Å². The van der Waals surface area contributed by atoms with Gasteiger partial charge in [0, 0.05) is 103 Å². The first-order chi connectivity index (χ1) is 24.5. The van der Waals surface area contributed by atoms with Gasteiger partial charge in [-0.2, -0.15) is 0 Å². The number of nitrogens with zero attached hydrogens (tertiary/aromatic N) is 3. The molecular weight excluding hydrogens is 640 g/mol. The Morgan fingerprint density at radius 2 is 1.78 bits per heavy atom. The van der Waals surface area contributed by atoms with E-state index in [1.807, 2.05) is 58.2 Å². The smallest absolute Gasteiger partial charge is 0.253 e. The first-order valence-electron chi connectivity index (χ1n) is 18.7. The average Bonchev–Trinajstić information content (AvgIpc) is 3.06. The van der Waals surface area contributed by atoms with Gasteiger partial charge >= 0.3 is 0 Å². The number of aromatic amines is 1. The molecule has 1 saturated heterocycles. The molecule has 1 aliphatic heterocycles. The largest absolute Gasteiger partial charge is 0.382 e. The topological polar surface area (TPSA) is 146 Å². The van der Waals surface area contributed by atoms with E-state index in [-0.39, 0.29) is 35.5 Å². The first-order valence-corrected chi connectivity index (χ1v) is 18.7. The monoisotopic (exact) mass is 690 g/mol. The summed E-state index contributed by atoms with van der Waals surface area (Å²) in [7, 11) is 0. The lowest BCUT2D eigenvalue weighted by atomic mass is 9.15. The Bertz CT molecular complexity index is 1920. The Morgan fingerprint density at radius 3 is 2.39 bits per heavy atom. The van der Waals surface area contributed by atoms with E-state index in [4.69, 9.17) is 10.4 Å². The van der Waals surface area contributed by atoms with E-state index in [1.165, 1.54) is 31.9 Å². The molecule has 4 aliphatic carbocycles. The molecule has 0 bridgehead atoms. The van der Waals surface area contributed by atoms with Gasteiger partial charge in [-0.1, -0.05) is 0 Å². The number of aromatic nitrogens is 2. The van der Waals surface area contributed by atoms with Crippen LogP contribution in [-0.4, -0.2) is 77.2 Å². The zero-order valence-corrected chi connectivity index (χ0v) is 30.2. The fourth-order valence-corrected chi connectivity index (χ4v) is 10.6. The van der Waals surface area contributed by atoms with Crippen LogP contribution in [0.2, 0.25) is 0 Å². The number of nitrogens with one attached hydrogen (secondary N) is 5. The van der Waals surface area contributed by atoms with Crippen LogP contribution in [0.5, 0.6) is 0 Å². The lowest BCUT2D eigenvalue weighted by Gasteiger charge is -2.91. The fraction of sp³-hybridized carbons (Fsp3) is 0.525. The molecule has 4 saturated carbocycles. The molecule has 5 N–H and O–H groups in total. The minimum Gasteiger partial charge on any atom is -0.382 e. The molecule has 3 aromatic rings. The quantitative estimate of drug-likeness (QED) is 0.175. The van der Waals surface area contributed by atoms with E-state index in [9.17, 15) is 14.4 Å². The number of amides is 2. The van der Waals surface area contributed by atoms with Crippen molar-refractivity contribution in [3.05, 3.63) is 74.8 Å². The summed E-state index contributed by atoms with van der Waals surface area (Å²) in [5.41, 5.74) is 5.73. The molecule has 1 spiro atoms. The van der Waals surface area contributed by atoms with Crippen molar-refractivity contribution >= 4 is 29.5 Å². The lowest BCUT2D eigenvalue weighted by molar-refractivity contribution is -0.394. The van der Waals surface area contributed by atoms with Gasteiger partial charge in [-0.05, 0) is 113 Å². The number of hydrogen-bond acceptors (Lipinski definition) is 8. The summed E-state index contributed by atoms with van der Waals surface area (Å²) in [5.74, 6) is 3.47. The summed E-state index contributed by atoms with van der Waals surface area (Å²) in [4.78, 5) is 51.5. The normalized spacial score (nSPS) is 27.2. The Labute approximate surface area is 299 Å². The fourth-order valence-electron chi connectivity index (χ4n) is 10.6. The zero-order valence-electron chi connectivity index (χ0n) is 30.2. The molecular formula is C40H50N8O3. The predicted molar refractivity (Wildman–Crippen MR) is 200 cm³/mol. The molecule has 51 heavy (non-hydrogen) atoms. The molecule has 5 fully saturated rings. The van der Waals surface area contributed by atoms with E-state index in [2.05, 4.69) is 30.7 Å². The molecule has 11 nitrogen and oxygen atoms in total. The molecule has 2 unspecified atom stereocenters. The summed E-state index contributed by atoms with van der Waals surface area (Å²) >= 11 is 0. The van der Waals surface area contributed by atoms with Crippen LogP contribution in [-0.2, 0) is 11.3 Å². The van der Waals surface area contributed by atoms with Crippen molar-refractivity contribution in [2.75, 3.05) is 42.9 Å². The van der Waals surface area contributed by atoms with Crippen LogP contribution in [0.1, 0.15) is 78.7 Å². The molecule has 3 heterocycles. The third-order valence-corrected chi connectivity index (χ3v) is 12.9. The maximum Gasteiger partial charge on any atom is 0.253 e. The Balaban J connectivity index is 0.896. The third kappa shape index (κ3) is 5.46. The van der Waals surface area contributed by atoms with E-state index < -0.39 is 0 Å². The van der Waals surface area contributed by atoms with Crippen LogP contribution < -0.4 is 26.4 Å². The molecule has 2 amide bonds. The second-order valence-corrected chi connectivity index (χ2v) is 16.1. The van der Waals surface area contributed by atoms with Gasteiger partial charge in [0.2, 0.25) is 5.91 Å². The number of hydrogen-bond donors (Lipinski definition) is 5. The van der Waals surface area contributed by atoms with Crippen LogP contribution in [0.25, 0.3) is 11.1 Å². The van der Waals surface area contributed by atoms with Gasteiger partial charge in [-0.15, -0.1) is 0 Å². The van der Waals surface area contributed by atoms with Crippen molar-refractivity contribution in [3.8, 4) is 11.1 Å². The summed E-state index contributed by atoms with van der Waals surface area (Å²) in [5, 5.41) is 18.0. The van der Waals surface area contributed by atoms with E-state index in [1.54, 1.807) is 6.07 Å². The van der Waals surface area contributed by atoms with E-state index in [0.29, 0.717) is 34.2 Å². The Kier molecular flexibility index (Phi) is 8.32. The molecule has 1 aromatic carbocycles. The van der Waals surface area contributed by atoms with Crippen molar-refractivity contribution in [2.45, 2.75) is 77.9 Å². The molecule has 0 radical (unpaired) electrons. The number of carbonyl (C=O) groups excluding carboxylic acids is 2. The number of piperazine rings is 1. The molecule has 11 heteroatoms. The number of anilines is 2. The molecule has 268 valence electrons. The predicted octanol–water partition coefficient (Wildman–Crippen LogP) is 4.62. The summed E-state index contributed by atoms with van der Waals surface area (Å²) in [6.45, 7) is 12.1. The summed E-state index contributed by atoms with van der Waals surface area (Å²) < 4.78 is 0. The maximum absolute atomic E-state index is 13.6. The number of H-pyrrole nitrogens is 1. The number of benzene rings is 1. The number of rotatable bonds is 12. The van der Waals surface area contributed by atoms with Crippen LogP contribution >= 0.6 is 0 Å². The first kappa shape index (κ1) is 33.6. The zero-order chi connectivity index (χ0) is 35.7. The standard InChI is InChI=1S/C40H50N8O3/c1-23(2)44-34-15-27(14-31(32(34)20-41)37(50)43-22-33-24(3)13-25(4)45-38(33)51)26-5-6-35(42-21-26)48-11-9-47(10-12-48)8-7-36(49)46-39-18-29-16-28-17-30(19-39)40(28,29)39/h5-6,13-15,20-21,23,28-30,41,44H,7-12,16-19,22H2,1-4H3,(H,43,50)(H,45,51)(H,46,49). The summed E-state index contributed by atoms with van der Waals surface area (Å²) in [6, 6.07) is 9.77. The van der Waals surface area contributed by atoms with Crippen molar-refractivity contribution < 1.29 is 9.59 Å². The van der Waals surface area contributed by atoms with Crippen LogP contribution in [0.3, 0.4) is 0 Å². The van der Waals surface area contributed by atoms with Gasteiger partial charge < -0.3 is 31.2 Å². The number of aryl methyl sites for hydroxylation is 2. The average molecular weight is 691 g/mol. The Hall–Kier alpha value is -4.51. The van der Waals surface area contributed by atoms with Crippen molar-refractivity contribution in [1.82, 2.24) is 25.5 Å². The minimum atomic E-state index is -0.361. The van der Waals surface area contributed by atoms with E-state index >= 15 is 0 Å². The molecule has 8 rings (SSSR count). The van der Waals surface area contributed by atoms with E-state index in [0.717, 1.165) is 78.7 Å². The van der Waals surface area contributed by atoms with Crippen molar-refractivity contribution in [2.24, 2.45) is 23.2 Å². The SMILES string of the molecule is Cc1cc(C)c(CNC(=O)c2cc(-c3ccc(N4CCN(CCC(=O)NC56CC7CC8CC(C5)C876)CC4)nc3)cc(NC(C)C)c2C=N)c(=O)[nH]1. The van der Waals surface area contributed by atoms with Crippen molar-refractivity contribution in [3.63, 3.8) is 0 Å². The van der Waals surface area contributed by atoms with Gasteiger partial charge in [-0.25, -0.2) is 4.98 Å². The highest BCUT2D eigenvalue weighted by atomic mass is 16.2. The van der Waals surface area contributed by atoms with Crippen LogP contribution in [0.4, 0.5) is 11.5 Å². The highest BCUT2D eigenvalue weighted by molar-refractivity contribution is 6.06. The minimum absolute atomic E-state index is 0.0775. The number of carbonyl (C=O) groups is 2. The second-order valence-electron chi connectivity index (χ2n) is 16.1. The van der Waals surface area contributed by atoms with Gasteiger partial charge in [0.05, 0.1) is 5.56 Å². The molecule has 2 aromatic heterocycles. The molecule has 5 aliphatic rings. The highest BCUT2D eigenvalue weighted by Gasteiger charge is 2.88. The highest BCUT2D eigenvalue weighted by Crippen LogP contribution is 2.89. The van der Waals surface area contributed by atoms with Gasteiger partial charge in [0.1, 0.15) is 5.82 Å². The Morgan fingerprint density at radius 1 is 1.04 bits per heavy atom. The van der Waals surface area contributed by atoms with Crippen LogP contribution in [0.15, 0.2) is 41.3 Å². The van der Waals surface area contributed by atoms with Gasteiger partial charge in [0.25, 0.3) is 11.5 Å². The summed E-state index contributed by atoms with van der Waals surface area (Å²) in [6.07, 6.45) is 8.86. The number of pyridine rings is 2. The molecule has 2 atom stereocenters. The third-order valence-electron chi connectivity index (χ3n) is 12.9. The lowest BCUT2D eigenvalue weighted by Crippen LogP contribution is -2.92. The van der Waals surface area contributed by atoms with Crippen LogP contribution in [0, 0.1) is 42.4 Å². The maximum atomic E-state index is 13.6.